The van der Waals surface area contributed by atoms with E-state index in [0.29, 0.717) is 18.5 Å². The quantitative estimate of drug-likeness (QED) is 0.548. The summed E-state index contributed by atoms with van der Waals surface area (Å²) in [4.78, 5) is 10.9. The van der Waals surface area contributed by atoms with Crippen LogP contribution in [-0.2, 0) is 4.79 Å². The van der Waals surface area contributed by atoms with Crippen molar-refractivity contribution in [3.63, 3.8) is 0 Å². The highest BCUT2D eigenvalue weighted by Crippen LogP contribution is 2.16. The van der Waals surface area contributed by atoms with Crippen molar-refractivity contribution in [1.82, 2.24) is 10.6 Å². The Hall–Kier alpha value is -0.280. The summed E-state index contributed by atoms with van der Waals surface area (Å²) in [7, 11) is 0. The van der Waals surface area contributed by atoms with Gasteiger partial charge < -0.3 is 10.6 Å². The molecule has 2 aliphatic rings. The third-order valence-corrected chi connectivity index (χ3v) is 2.31. The molecule has 2 rings (SSSR count). The number of rotatable bonds is 0. The molecule has 64 valence electrons. The number of hydrogen-bond acceptors (Lipinski definition) is 2. The summed E-state index contributed by atoms with van der Waals surface area (Å²) in [6, 6.07) is 1.02. The lowest BCUT2D eigenvalue weighted by molar-refractivity contribution is -0.121. The number of nitrogens with one attached hydrogen (secondary N) is 2. The van der Waals surface area contributed by atoms with Gasteiger partial charge in [0.2, 0.25) is 5.91 Å². The van der Waals surface area contributed by atoms with Crippen LogP contribution < -0.4 is 10.6 Å². The van der Waals surface area contributed by atoms with Crippen molar-refractivity contribution in [1.29, 1.82) is 0 Å². The Morgan fingerprint density at radius 2 is 2.00 bits per heavy atom. The van der Waals surface area contributed by atoms with Crippen LogP contribution in [0.5, 0.6) is 0 Å². The van der Waals surface area contributed by atoms with E-state index < -0.39 is 0 Å². The Bertz CT molecular complexity index is 163. The predicted octanol–water partition coefficient (Wildman–Crippen LogP) is 0.0487. The smallest absolute Gasteiger partial charge is 0.221 e. The number of carbonyl (C=O) groups excluding carboxylic acids is 1. The van der Waals surface area contributed by atoms with E-state index in [1.54, 1.807) is 0 Å². The summed E-state index contributed by atoms with van der Waals surface area (Å²) in [6.45, 7) is 0.829. The van der Waals surface area contributed by atoms with Crippen molar-refractivity contribution in [2.75, 3.05) is 6.54 Å². The second-order valence-electron chi connectivity index (χ2n) is 3.15. The summed E-state index contributed by atoms with van der Waals surface area (Å²) in [5, 5.41) is 6.27. The van der Waals surface area contributed by atoms with Gasteiger partial charge in [0, 0.05) is 25.0 Å². The number of amides is 1. The van der Waals surface area contributed by atoms with Gasteiger partial charge in [0.15, 0.2) is 0 Å². The molecular weight excluding hydrogens is 164 g/mol. The summed E-state index contributed by atoms with van der Waals surface area (Å²) < 4.78 is 0. The molecule has 0 radical (unpaired) electrons. The SMILES string of the molecule is Cl.O=C1C[C@@H]2CCC(CN1)N2. The van der Waals surface area contributed by atoms with E-state index in [4.69, 9.17) is 0 Å². The first-order chi connectivity index (χ1) is 4.84. The van der Waals surface area contributed by atoms with E-state index in [0.717, 1.165) is 6.54 Å². The molecule has 2 aliphatic heterocycles. The van der Waals surface area contributed by atoms with Gasteiger partial charge in [-0.2, -0.15) is 0 Å². The van der Waals surface area contributed by atoms with Crippen LogP contribution in [0.2, 0.25) is 0 Å². The van der Waals surface area contributed by atoms with Crippen molar-refractivity contribution in [3.05, 3.63) is 0 Å². The van der Waals surface area contributed by atoms with E-state index in [1.807, 2.05) is 0 Å². The van der Waals surface area contributed by atoms with Crippen LogP contribution in [0.3, 0.4) is 0 Å². The fourth-order valence-corrected chi connectivity index (χ4v) is 1.76. The van der Waals surface area contributed by atoms with E-state index >= 15 is 0 Å². The monoisotopic (exact) mass is 176 g/mol. The average molecular weight is 177 g/mol. The molecule has 0 saturated carbocycles. The van der Waals surface area contributed by atoms with Gasteiger partial charge in [0.1, 0.15) is 0 Å². The Morgan fingerprint density at radius 1 is 1.27 bits per heavy atom. The molecule has 2 bridgehead atoms. The zero-order valence-electron chi connectivity index (χ0n) is 6.30. The van der Waals surface area contributed by atoms with Gasteiger partial charge in [-0.1, -0.05) is 0 Å². The molecule has 1 unspecified atom stereocenters. The molecule has 11 heavy (non-hydrogen) atoms. The van der Waals surface area contributed by atoms with E-state index in [2.05, 4.69) is 10.6 Å². The number of fused-ring (bicyclic) bond motifs is 2. The van der Waals surface area contributed by atoms with Crippen molar-refractivity contribution in [2.45, 2.75) is 31.3 Å². The highest BCUT2D eigenvalue weighted by Gasteiger charge is 2.28. The average Bonchev–Trinajstić information content (AvgIpc) is 2.22. The van der Waals surface area contributed by atoms with Gasteiger partial charge in [-0.05, 0) is 12.8 Å². The summed E-state index contributed by atoms with van der Waals surface area (Å²) in [5.74, 6) is 0.208. The van der Waals surface area contributed by atoms with Crippen molar-refractivity contribution >= 4 is 18.3 Å². The Kier molecular flexibility index (Phi) is 2.73. The zero-order chi connectivity index (χ0) is 6.97. The van der Waals surface area contributed by atoms with Crippen LogP contribution in [0.25, 0.3) is 0 Å². The Balaban J connectivity index is 0.000000605. The first kappa shape index (κ1) is 8.81. The molecule has 0 aromatic rings. The van der Waals surface area contributed by atoms with Gasteiger partial charge in [-0.3, -0.25) is 4.79 Å². The van der Waals surface area contributed by atoms with Crippen LogP contribution >= 0.6 is 12.4 Å². The molecule has 0 aromatic carbocycles. The zero-order valence-corrected chi connectivity index (χ0v) is 7.12. The third-order valence-electron chi connectivity index (χ3n) is 2.31. The molecule has 0 aromatic heterocycles. The molecule has 1 amide bonds. The molecule has 2 saturated heterocycles. The lowest BCUT2D eigenvalue weighted by Crippen LogP contribution is -2.33. The van der Waals surface area contributed by atoms with Gasteiger partial charge in [-0.15, -0.1) is 12.4 Å². The third kappa shape index (κ3) is 1.84. The minimum absolute atomic E-state index is 0. The summed E-state index contributed by atoms with van der Waals surface area (Å²) in [6.07, 6.45) is 3.08. The van der Waals surface area contributed by atoms with E-state index in [9.17, 15) is 4.79 Å². The second-order valence-corrected chi connectivity index (χ2v) is 3.15. The van der Waals surface area contributed by atoms with Crippen LogP contribution in [0.1, 0.15) is 19.3 Å². The van der Waals surface area contributed by atoms with Gasteiger partial charge in [0.05, 0.1) is 0 Å². The highest BCUT2D eigenvalue weighted by atomic mass is 35.5. The van der Waals surface area contributed by atoms with E-state index in [1.165, 1.54) is 12.8 Å². The molecule has 2 atom stereocenters. The lowest BCUT2D eigenvalue weighted by atomic mass is 10.1. The molecule has 0 aliphatic carbocycles. The molecule has 3 nitrogen and oxygen atoms in total. The first-order valence-corrected chi connectivity index (χ1v) is 3.87. The molecular formula is C7H13ClN2O. The van der Waals surface area contributed by atoms with E-state index in [-0.39, 0.29) is 18.3 Å². The van der Waals surface area contributed by atoms with Crippen LogP contribution in [-0.4, -0.2) is 24.5 Å². The highest BCUT2D eigenvalue weighted by molar-refractivity contribution is 5.85. The maximum atomic E-state index is 10.9. The van der Waals surface area contributed by atoms with Crippen LogP contribution in [0.4, 0.5) is 0 Å². The second kappa shape index (κ2) is 3.41. The van der Waals surface area contributed by atoms with Crippen molar-refractivity contribution in [2.24, 2.45) is 0 Å². The summed E-state index contributed by atoms with van der Waals surface area (Å²) in [5.41, 5.74) is 0. The Labute approximate surface area is 72.3 Å². The first-order valence-electron chi connectivity index (χ1n) is 3.87. The topological polar surface area (TPSA) is 41.1 Å². The van der Waals surface area contributed by atoms with Crippen molar-refractivity contribution < 1.29 is 4.79 Å². The fourth-order valence-electron chi connectivity index (χ4n) is 1.76. The Morgan fingerprint density at radius 3 is 2.82 bits per heavy atom. The standard InChI is InChI=1S/C7H12N2O.ClH/c10-7-3-5-1-2-6(9-5)4-8-7;/h5-6,9H,1-4H2,(H,8,10);1H/t5-,6?;/m0./s1. The normalized spacial score (nSPS) is 35.5. The van der Waals surface area contributed by atoms with Crippen LogP contribution in [0, 0.1) is 0 Å². The largest absolute Gasteiger partial charge is 0.354 e. The summed E-state index contributed by atoms with van der Waals surface area (Å²) >= 11 is 0. The predicted molar refractivity (Wildman–Crippen MR) is 44.8 cm³/mol. The molecule has 2 heterocycles. The van der Waals surface area contributed by atoms with Gasteiger partial charge >= 0.3 is 0 Å². The maximum Gasteiger partial charge on any atom is 0.221 e. The minimum Gasteiger partial charge on any atom is -0.354 e. The number of halogens is 1. The van der Waals surface area contributed by atoms with Gasteiger partial charge in [0.25, 0.3) is 0 Å². The molecule has 4 heteroatoms. The number of carbonyl (C=O) groups is 1. The number of hydrogen-bond donors (Lipinski definition) is 2. The molecule has 2 fully saturated rings. The fraction of sp³-hybridized carbons (Fsp3) is 0.857. The molecule has 2 N–H and O–H groups in total. The lowest BCUT2D eigenvalue weighted by Gasteiger charge is -2.06. The molecule has 0 spiro atoms. The van der Waals surface area contributed by atoms with Crippen molar-refractivity contribution in [3.8, 4) is 0 Å². The van der Waals surface area contributed by atoms with Crippen LogP contribution in [0.15, 0.2) is 0 Å². The van der Waals surface area contributed by atoms with Gasteiger partial charge in [-0.25, -0.2) is 0 Å². The minimum atomic E-state index is 0. The maximum absolute atomic E-state index is 10.9.